The van der Waals surface area contributed by atoms with Crippen molar-refractivity contribution in [2.24, 2.45) is 11.8 Å². The molecule has 3 unspecified atom stereocenters. The maximum absolute atomic E-state index is 13.0. The van der Waals surface area contributed by atoms with Gasteiger partial charge in [0.1, 0.15) is 5.82 Å². The molecule has 0 aromatic heterocycles. The summed E-state index contributed by atoms with van der Waals surface area (Å²) in [6.45, 7) is 6.73. The average molecular weight is 292 g/mol. The van der Waals surface area contributed by atoms with Crippen molar-refractivity contribution >= 4 is 5.69 Å². The van der Waals surface area contributed by atoms with Crippen LogP contribution in [0.5, 0.6) is 0 Å². The van der Waals surface area contributed by atoms with E-state index in [9.17, 15) is 4.39 Å². The molecule has 1 saturated carbocycles. The lowest BCUT2D eigenvalue weighted by atomic mass is 9.78. The van der Waals surface area contributed by atoms with E-state index in [0.717, 1.165) is 24.7 Å². The van der Waals surface area contributed by atoms with Crippen LogP contribution in [0, 0.1) is 17.7 Å². The van der Waals surface area contributed by atoms with Crippen LogP contribution in [0.2, 0.25) is 0 Å². The van der Waals surface area contributed by atoms with Crippen molar-refractivity contribution in [2.75, 3.05) is 25.0 Å². The first-order chi connectivity index (χ1) is 10.1. The van der Waals surface area contributed by atoms with E-state index >= 15 is 0 Å². The molecule has 0 saturated heterocycles. The van der Waals surface area contributed by atoms with Gasteiger partial charge >= 0.3 is 0 Å². The molecule has 0 heterocycles. The summed E-state index contributed by atoms with van der Waals surface area (Å²) in [5.41, 5.74) is 1.10. The summed E-state index contributed by atoms with van der Waals surface area (Å²) in [5.74, 6) is 1.33. The van der Waals surface area contributed by atoms with Crippen molar-refractivity contribution in [1.29, 1.82) is 0 Å². The van der Waals surface area contributed by atoms with E-state index in [-0.39, 0.29) is 5.82 Å². The summed E-state index contributed by atoms with van der Waals surface area (Å²) in [4.78, 5) is 2.27. The average Bonchev–Trinajstić information content (AvgIpc) is 2.47. The minimum absolute atomic E-state index is 0.166. The third-order valence-corrected chi connectivity index (χ3v) is 4.68. The van der Waals surface area contributed by atoms with Gasteiger partial charge in [0.05, 0.1) is 0 Å². The second-order valence-corrected chi connectivity index (χ2v) is 6.60. The fourth-order valence-electron chi connectivity index (χ4n) is 3.45. The molecule has 1 aromatic carbocycles. The Hall–Kier alpha value is -1.09. The number of anilines is 1. The van der Waals surface area contributed by atoms with E-state index < -0.39 is 0 Å². The number of hydrogen-bond donors (Lipinski definition) is 1. The van der Waals surface area contributed by atoms with Gasteiger partial charge in [-0.1, -0.05) is 13.8 Å². The van der Waals surface area contributed by atoms with Gasteiger partial charge in [0.2, 0.25) is 0 Å². The van der Waals surface area contributed by atoms with Crippen LogP contribution in [0.15, 0.2) is 24.3 Å². The minimum atomic E-state index is -0.166. The largest absolute Gasteiger partial charge is 0.374 e. The van der Waals surface area contributed by atoms with Gasteiger partial charge in [-0.15, -0.1) is 0 Å². The van der Waals surface area contributed by atoms with E-state index in [1.54, 1.807) is 12.1 Å². The molecule has 1 aliphatic carbocycles. The first-order valence-electron chi connectivity index (χ1n) is 8.30. The van der Waals surface area contributed by atoms with E-state index in [2.05, 4.69) is 31.1 Å². The smallest absolute Gasteiger partial charge is 0.123 e. The molecule has 1 aromatic rings. The van der Waals surface area contributed by atoms with Crippen molar-refractivity contribution < 1.29 is 4.39 Å². The zero-order valence-electron chi connectivity index (χ0n) is 13.6. The maximum atomic E-state index is 13.0. The number of hydrogen-bond acceptors (Lipinski definition) is 2. The SMILES string of the molecule is CCCNC1CCC(C)CC1CN(C)c1ccc(F)cc1. The van der Waals surface area contributed by atoms with Crippen molar-refractivity contribution in [3.63, 3.8) is 0 Å². The summed E-state index contributed by atoms with van der Waals surface area (Å²) < 4.78 is 13.0. The molecular formula is C18H29FN2. The van der Waals surface area contributed by atoms with E-state index in [0.29, 0.717) is 12.0 Å². The molecule has 1 aliphatic rings. The Kier molecular flexibility index (Phi) is 6.04. The third kappa shape index (κ3) is 4.70. The summed E-state index contributed by atoms with van der Waals surface area (Å²) >= 11 is 0. The molecule has 1 fully saturated rings. The van der Waals surface area contributed by atoms with Crippen molar-refractivity contribution in [2.45, 2.75) is 45.6 Å². The molecule has 1 N–H and O–H groups in total. The minimum Gasteiger partial charge on any atom is -0.374 e. The number of nitrogens with one attached hydrogen (secondary N) is 1. The normalized spacial score (nSPS) is 25.8. The molecular weight excluding hydrogens is 263 g/mol. The van der Waals surface area contributed by atoms with Crippen LogP contribution in [-0.2, 0) is 0 Å². The molecule has 2 nitrogen and oxygen atoms in total. The second kappa shape index (κ2) is 7.79. The highest BCUT2D eigenvalue weighted by molar-refractivity contribution is 5.45. The Morgan fingerprint density at radius 1 is 1.24 bits per heavy atom. The zero-order valence-corrected chi connectivity index (χ0v) is 13.6. The molecule has 0 radical (unpaired) electrons. The molecule has 0 aliphatic heterocycles. The van der Waals surface area contributed by atoms with Crippen molar-refractivity contribution in [1.82, 2.24) is 5.32 Å². The van der Waals surface area contributed by atoms with Crippen molar-refractivity contribution in [3.8, 4) is 0 Å². The molecule has 2 rings (SSSR count). The van der Waals surface area contributed by atoms with E-state index in [4.69, 9.17) is 0 Å². The lowest BCUT2D eigenvalue weighted by molar-refractivity contribution is 0.217. The highest BCUT2D eigenvalue weighted by Crippen LogP contribution is 2.30. The molecule has 0 amide bonds. The standard InChI is InChI=1S/C18H29FN2/c1-4-11-20-18-10-5-14(2)12-15(18)13-21(3)17-8-6-16(19)7-9-17/h6-9,14-15,18,20H,4-5,10-13H2,1-3H3. The van der Waals surface area contributed by atoms with Gasteiger partial charge in [-0.3, -0.25) is 0 Å². The number of nitrogens with zero attached hydrogens (tertiary/aromatic N) is 1. The van der Waals surface area contributed by atoms with Gasteiger partial charge in [-0.25, -0.2) is 4.39 Å². The van der Waals surface area contributed by atoms with Gasteiger partial charge in [-0.05, 0) is 68.3 Å². The quantitative estimate of drug-likeness (QED) is 0.850. The molecule has 118 valence electrons. The first kappa shape index (κ1) is 16.3. The predicted octanol–water partition coefficient (Wildman–Crippen LogP) is 4.07. The van der Waals surface area contributed by atoms with Crippen LogP contribution in [0.3, 0.4) is 0 Å². The van der Waals surface area contributed by atoms with Gasteiger partial charge in [-0.2, -0.15) is 0 Å². The summed E-state index contributed by atoms with van der Waals surface area (Å²) in [5, 5.41) is 3.72. The van der Waals surface area contributed by atoms with Gasteiger partial charge in [0.15, 0.2) is 0 Å². The van der Waals surface area contributed by atoms with Crippen LogP contribution in [0.25, 0.3) is 0 Å². The maximum Gasteiger partial charge on any atom is 0.123 e. The molecule has 3 heteroatoms. The van der Waals surface area contributed by atoms with Gasteiger partial charge in [0, 0.05) is 25.3 Å². The van der Waals surface area contributed by atoms with Gasteiger partial charge in [0.25, 0.3) is 0 Å². The van der Waals surface area contributed by atoms with E-state index in [1.165, 1.54) is 25.7 Å². The first-order valence-corrected chi connectivity index (χ1v) is 8.30. The summed E-state index contributed by atoms with van der Waals surface area (Å²) in [6, 6.07) is 7.46. The molecule has 21 heavy (non-hydrogen) atoms. The van der Waals surface area contributed by atoms with E-state index in [1.807, 2.05) is 12.1 Å². The number of rotatable bonds is 6. The van der Waals surface area contributed by atoms with Gasteiger partial charge < -0.3 is 10.2 Å². The lowest BCUT2D eigenvalue weighted by Gasteiger charge is -2.38. The predicted molar refractivity (Wildman–Crippen MR) is 88.3 cm³/mol. The fraction of sp³-hybridized carbons (Fsp3) is 0.667. The third-order valence-electron chi connectivity index (χ3n) is 4.68. The zero-order chi connectivity index (χ0) is 15.2. The van der Waals surface area contributed by atoms with Crippen LogP contribution >= 0.6 is 0 Å². The number of benzene rings is 1. The Morgan fingerprint density at radius 3 is 2.62 bits per heavy atom. The Bertz CT molecular complexity index is 416. The van der Waals surface area contributed by atoms with Crippen LogP contribution in [0.4, 0.5) is 10.1 Å². The molecule has 0 bridgehead atoms. The highest BCUT2D eigenvalue weighted by atomic mass is 19.1. The Balaban J connectivity index is 1.97. The lowest BCUT2D eigenvalue weighted by Crippen LogP contribution is -2.45. The Morgan fingerprint density at radius 2 is 1.95 bits per heavy atom. The Labute approximate surface area is 128 Å². The molecule has 0 spiro atoms. The number of halogens is 1. The topological polar surface area (TPSA) is 15.3 Å². The monoisotopic (exact) mass is 292 g/mol. The summed E-state index contributed by atoms with van der Waals surface area (Å²) in [6.07, 6.45) is 5.08. The summed E-state index contributed by atoms with van der Waals surface area (Å²) in [7, 11) is 2.11. The highest BCUT2D eigenvalue weighted by Gasteiger charge is 2.29. The second-order valence-electron chi connectivity index (χ2n) is 6.60. The van der Waals surface area contributed by atoms with Crippen LogP contribution < -0.4 is 10.2 Å². The fourth-order valence-corrected chi connectivity index (χ4v) is 3.45. The van der Waals surface area contributed by atoms with Crippen LogP contribution in [-0.4, -0.2) is 26.2 Å². The van der Waals surface area contributed by atoms with Crippen LogP contribution in [0.1, 0.15) is 39.5 Å². The van der Waals surface area contributed by atoms with Crippen molar-refractivity contribution in [3.05, 3.63) is 30.1 Å². The molecule has 3 atom stereocenters.